The molecule has 0 unspecified atom stereocenters. The van der Waals surface area contributed by atoms with Gasteiger partial charge in [-0.1, -0.05) is 33.0 Å². The van der Waals surface area contributed by atoms with E-state index in [0.717, 1.165) is 36.0 Å². The van der Waals surface area contributed by atoms with E-state index in [1.807, 2.05) is 18.2 Å². The van der Waals surface area contributed by atoms with Gasteiger partial charge in [0.1, 0.15) is 10.7 Å². The molecule has 1 heterocycles. The Balaban J connectivity index is 2.21. The molecule has 0 saturated carbocycles. The first-order chi connectivity index (χ1) is 9.82. The number of hydrogen-bond acceptors (Lipinski definition) is 3. The zero-order chi connectivity index (χ0) is 15.6. The number of ether oxygens (including phenoxy) is 1. The normalized spacial score (nSPS) is 16.9. The Morgan fingerprint density at radius 1 is 1.29 bits per heavy atom. The van der Waals surface area contributed by atoms with Crippen molar-refractivity contribution in [2.24, 2.45) is 17.1 Å². The zero-order valence-corrected chi connectivity index (χ0v) is 14.3. The van der Waals surface area contributed by atoms with Crippen LogP contribution in [0.1, 0.15) is 39.2 Å². The summed E-state index contributed by atoms with van der Waals surface area (Å²) in [6, 6.07) is 5.93. The van der Waals surface area contributed by atoms with Crippen LogP contribution in [-0.2, 0) is 0 Å². The fraction of sp³-hybridized carbons (Fsp3) is 0.588. The highest BCUT2D eigenvalue weighted by molar-refractivity contribution is 7.80. The van der Waals surface area contributed by atoms with Gasteiger partial charge < -0.3 is 15.4 Å². The summed E-state index contributed by atoms with van der Waals surface area (Å²) in [4.78, 5) is 2.84. The Labute approximate surface area is 133 Å². The molecule has 2 N–H and O–H groups in total. The smallest absolute Gasteiger partial charge is 0.120 e. The highest BCUT2D eigenvalue weighted by Crippen LogP contribution is 2.37. The molecule has 1 aromatic rings. The Morgan fingerprint density at radius 2 is 1.90 bits per heavy atom. The van der Waals surface area contributed by atoms with E-state index in [9.17, 15) is 0 Å². The van der Waals surface area contributed by atoms with Crippen LogP contribution in [0.15, 0.2) is 18.2 Å². The minimum Gasteiger partial charge on any atom is -0.497 e. The first kappa shape index (κ1) is 16.1. The summed E-state index contributed by atoms with van der Waals surface area (Å²) in [5, 5.41) is 0. The van der Waals surface area contributed by atoms with Crippen LogP contribution in [0, 0.1) is 11.3 Å². The molecular weight excluding hydrogens is 280 g/mol. The molecule has 0 amide bonds. The van der Waals surface area contributed by atoms with Gasteiger partial charge in [0.2, 0.25) is 0 Å². The van der Waals surface area contributed by atoms with Gasteiger partial charge in [0, 0.05) is 24.7 Å². The van der Waals surface area contributed by atoms with Crippen molar-refractivity contribution in [1.29, 1.82) is 0 Å². The molecule has 116 valence electrons. The standard InChI is InChI=1S/C17H26N2OS/c1-17(2,3)12-7-9-19(10-8-12)15-11-13(20-4)5-6-14(15)16(18)21/h5-6,11-12H,7-10H2,1-4H3,(H2,18,21). The number of thiocarbonyl (C=S) groups is 1. The van der Waals surface area contributed by atoms with Crippen molar-refractivity contribution in [3.05, 3.63) is 23.8 Å². The number of methoxy groups -OCH3 is 1. The summed E-state index contributed by atoms with van der Waals surface area (Å²) in [6.45, 7) is 9.09. The second kappa shape index (κ2) is 6.22. The minimum atomic E-state index is 0.381. The second-order valence-corrected chi connectivity index (χ2v) is 7.31. The van der Waals surface area contributed by atoms with Crippen molar-refractivity contribution in [2.45, 2.75) is 33.6 Å². The summed E-state index contributed by atoms with van der Waals surface area (Å²) >= 11 is 5.19. The molecule has 0 radical (unpaired) electrons. The lowest BCUT2D eigenvalue weighted by Crippen LogP contribution is -2.38. The van der Waals surface area contributed by atoms with Gasteiger partial charge in [-0.25, -0.2) is 0 Å². The van der Waals surface area contributed by atoms with E-state index < -0.39 is 0 Å². The van der Waals surface area contributed by atoms with Crippen LogP contribution in [0.4, 0.5) is 5.69 Å². The van der Waals surface area contributed by atoms with Gasteiger partial charge in [-0.2, -0.15) is 0 Å². The maximum Gasteiger partial charge on any atom is 0.120 e. The lowest BCUT2D eigenvalue weighted by Gasteiger charge is -2.40. The van der Waals surface area contributed by atoms with Gasteiger partial charge in [-0.15, -0.1) is 0 Å². The summed E-state index contributed by atoms with van der Waals surface area (Å²) in [7, 11) is 1.69. The van der Waals surface area contributed by atoms with Crippen LogP contribution in [0.25, 0.3) is 0 Å². The minimum absolute atomic E-state index is 0.381. The third kappa shape index (κ3) is 3.67. The molecule has 0 atom stereocenters. The predicted molar refractivity (Wildman–Crippen MR) is 93.3 cm³/mol. The van der Waals surface area contributed by atoms with Crippen LogP contribution in [0.3, 0.4) is 0 Å². The molecule has 4 heteroatoms. The second-order valence-electron chi connectivity index (χ2n) is 6.87. The van der Waals surface area contributed by atoms with Crippen LogP contribution >= 0.6 is 12.2 Å². The topological polar surface area (TPSA) is 38.5 Å². The first-order valence-corrected chi connectivity index (χ1v) is 7.96. The molecule has 1 aliphatic heterocycles. The van der Waals surface area contributed by atoms with Gasteiger partial charge in [-0.3, -0.25) is 0 Å². The van der Waals surface area contributed by atoms with Gasteiger partial charge >= 0.3 is 0 Å². The third-order valence-corrected chi connectivity index (χ3v) is 4.75. The van der Waals surface area contributed by atoms with E-state index in [-0.39, 0.29) is 0 Å². The summed E-state index contributed by atoms with van der Waals surface area (Å²) in [5.41, 5.74) is 8.30. The Morgan fingerprint density at radius 3 is 2.38 bits per heavy atom. The number of benzene rings is 1. The Bertz CT molecular complexity index is 514. The predicted octanol–water partition coefficient (Wildman–Crippen LogP) is 3.59. The molecule has 1 aromatic carbocycles. The first-order valence-electron chi connectivity index (χ1n) is 7.55. The van der Waals surface area contributed by atoms with E-state index in [2.05, 4.69) is 25.7 Å². The molecule has 3 nitrogen and oxygen atoms in total. The average Bonchev–Trinajstić information content (AvgIpc) is 2.45. The van der Waals surface area contributed by atoms with Crippen molar-refractivity contribution in [3.8, 4) is 5.75 Å². The van der Waals surface area contributed by atoms with Crippen LogP contribution in [0.2, 0.25) is 0 Å². The molecule has 2 rings (SSSR count). The van der Waals surface area contributed by atoms with E-state index in [1.165, 1.54) is 12.8 Å². The SMILES string of the molecule is COc1ccc(C(N)=S)c(N2CCC(C(C)(C)C)CC2)c1. The van der Waals surface area contributed by atoms with Crippen molar-refractivity contribution >= 4 is 22.9 Å². The molecule has 0 aromatic heterocycles. The van der Waals surface area contributed by atoms with Crippen LogP contribution < -0.4 is 15.4 Å². The maximum atomic E-state index is 5.87. The lowest BCUT2D eigenvalue weighted by atomic mass is 9.75. The van der Waals surface area contributed by atoms with Crippen LogP contribution in [-0.4, -0.2) is 25.2 Å². The maximum absolute atomic E-state index is 5.87. The van der Waals surface area contributed by atoms with E-state index in [1.54, 1.807) is 7.11 Å². The largest absolute Gasteiger partial charge is 0.497 e. The number of piperidine rings is 1. The number of rotatable bonds is 3. The van der Waals surface area contributed by atoms with Gasteiger partial charge in [0.25, 0.3) is 0 Å². The highest BCUT2D eigenvalue weighted by Gasteiger charge is 2.29. The van der Waals surface area contributed by atoms with E-state index >= 15 is 0 Å². The van der Waals surface area contributed by atoms with Gasteiger partial charge in [-0.05, 0) is 36.3 Å². The number of hydrogen-bond donors (Lipinski definition) is 1. The monoisotopic (exact) mass is 306 g/mol. The third-order valence-electron chi connectivity index (χ3n) is 4.53. The molecule has 21 heavy (non-hydrogen) atoms. The number of nitrogens with zero attached hydrogens (tertiary/aromatic N) is 1. The lowest BCUT2D eigenvalue weighted by molar-refractivity contribution is 0.199. The summed E-state index contributed by atoms with van der Waals surface area (Å²) in [5.74, 6) is 1.62. The van der Waals surface area contributed by atoms with Crippen molar-refractivity contribution < 1.29 is 4.74 Å². The Hall–Kier alpha value is -1.29. The molecular formula is C17H26N2OS. The molecule has 0 bridgehead atoms. The molecule has 1 saturated heterocycles. The van der Waals surface area contributed by atoms with Crippen LogP contribution in [0.5, 0.6) is 5.75 Å². The Kier molecular flexibility index (Phi) is 4.77. The molecule has 1 fully saturated rings. The van der Waals surface area contributed by atoms with Gasteiger partial charge in [0.05, 0.1) is 12.8 Å². The van der Waals surface area contributed by atoms with Gasteiger partial charge in [0.15, 0.2) is 0 Å². The average molecular weight is 306 g/mol. The van der Waals surface area contributed by atoms with Crippen molar-refractivity contribution in [1.82, 2.24) is 0 Å². The highest BCUT2D eigenvalue weighted by atomic mass is 32.1. The number of anilines is 1. The van der Waals surface area contributed by atoms with E-state index in [0.29, 0.717) is 10.4 Å². The van der Waals surface area contributed by atoms with E-state index in [4.69, 9.17) is 22.7 Å². The quantitative estimate of drug-likeness (QED) is 0.866. The fourth-order valence-electron chi connectivity index (χ4n) is 3.09. The molecule has 0 aliphatic carbocycles. The van der Waals surface area contributed by atoms with Crippen molar-refractivity contribution in [2.75, 3.05) is 25.1 Å². The summed E-state index contributed by atoms with van der Waals surface area (Å²) in [6.07, 6.45) is 2.41. The number of nitrogens with two attached hydrogens (primary N) is 1. The summed E-state index contributed by atoms with van der Waals surface area (Å²) < 4.78 is 5.35. The fourth-order valence-corrected chi connectivity index (χ4v) is 3.27. The molecule has 0 spiro atoms. The molecule has 1 aliphatic rings. The van der Waals surface area contributed by atoms with Crippen molar-refractivity contribution in [3.63, 3.8) is 0 Å². The zero-order valence-electron chi connectivity index (χ0n) is 13.5.